The van der Waals surface area contributed by atoms with Gasteiger partial charge in [0.05, 0.1) is 35.5 Å². The Morgan fingerprint density at radius 1 is 1.33 bits per heavy atom. The molecule has 9 heteroatoms. The fourth-order valence-electron chi connectivity index (χ4n) is 2.55. The maximum absolute atomic E-state index is 11.2. The fourth-order valence-corrected chi connectivity index (χ4v) is 2.72. The first kappa shape index (κ1) is 18.9. The van der Waals surface area contributed by atoms with E-state index in [4.69, 9.17) is 16.0 Å². The second kappa shape index (κ2) is 8.24. The highest BCUT2D eigenvalue weighted by atomic mass is 35.5. The minimum absolute atomic E-state index is 0.0847. The van der Waals surface area contributed by atoms with Gasteiger partial charge in [-0.25, -0.2) is 0 Å². The maximum Gasteiger partial charge on any atom is 0.281 e. The molecule has 2 aromatic heterocycles. The summed E-state index contributed by atoms with van der Waals surface area (Å²) in [6, 6.07) is 8.02. The van der Waals surface area contributed by atoms with Crippen molar-refractivity contribution in [3.8, 4) is 11.3 Å². The van der Waals surface area contributed by atoms with Crippen LogP contribution in [0.3, 0.4) is 0 Å². The Hall–Kier alpha value is -2.84. The summed E-state index contributed by atoms with van der Waals surface area (Å²) in [6.45, 7) is 2.16. The summed E-state index contributed by atoms with van der Waals surface area (Å²) in [6.07, 6.45) is 3.68. The van der Waals surface area contributed by atoms with Crippen LogP contribution in [0.4, 0.5) is 11.4 Å². The summed E-state index contributed by atoms with van der Waals surface area (Å²) < 4.78 is 7.63. The molecule has 0 aliphatic rings. The summed E-state index contributed by atoms with van der Waals surface area (Å²) >= 11 is 5.86. The van der Waals surface area contributed by atoms with E-state index in [-0.39, 0.29) is 5.69 Å². The Labute approximate surface area is 161 Å². The van der Waals surface area contributed by atoms with Crippen LogP contribution in [0.15, 0.2) is 47.1 Å². The lowest BCUT2D eigenvalue weighted by Crippen LogP contribution is -2.18. The van der Waals surface area contributed by atoms with E-state index >= 15 is 0 Å². The number of hydrogen-bond donors (Lipinski definition) is 1. The van der Waals surface area contributed by atoms with Gasteiger partial charge in [-0.3, -0.25) is 14.8 Å². The Morgan fingerprint density at radius 3 is 2.89 bits per heavy atom. The van der Waals surface area contributed by atoms with E-state index in [1.165, 1.54) is 6.07 Å². The van der Waals surface area contributed by atoms with Gasteiger partial charge in [-0.2, -0.15) is 5.10 Å². The highest BCUT2D eigenvalue weighted by Crippen LogP contribution is 2.33. The predicted octanol–water partition coefficient (Wildman–Crippen LogP) is 3.88. The molecule has 0 saturated heterocycles. The number of halogens is 1. The number of furan rings is 1. The number of nitrogens with one attached hydrogen (secondary N) is 1. The third-order valence-corrected chi connectivity index (χ3v) is 4.19. The van der Waals surface area contributed by atoms with Crippen molar-refractivity contribution in [2.24, 2.45) is 0 Å². The zero-order chi connectivity index (χ0) is 19.4. The third kappa shape index (κ3) is 4.87. The van der Waals surface area contributed by atoms with Gasteiger partial charge in [0.25, 0.3) is 5.69 Å². The molecule has 0 amide bonds. The van der Waals surface area contributed by atoms with Crippen LogP contribution in [0.25, 0.3) is 11.3 Å². The van der Waals surface area contributed by atoms with Crippen molar-refractivity contribution in [2.75, 3.05) is 26.0 Å². The van der Waals surface area contributed by atoms with E-state index < -0.39 is 4.92 Å². The molecule has 0 bridgehead atoms. The SMILES string of the molecule is CN(C)CCn1cc(NCc2ccc(-c3ccc(Cl)cc3[N+](=O)[O-])o2)cn1. The first-order valence-electron chi connectivity index (χ1n) is 8.36. The van der Waals surface area contributed by atoms with Crippen LogP contribution in [-0.2, 0) is 13.1 Å². The van der Waals surface area contributed by atoms with Crippen LogP contribution in [0.5, 0.6) is 0 Å². The molecule has 0 spiro atoms. The lowest BCUT2D eigenvalue weighted by atomic mass is 10.1. The van der Waals surface area contributed by atoms with Crippen molar-refractivity contribution in [1.82, 2.24) is 14.7 Å². The zero-order valence-electron chi connectivity index (χ0n) is 15.1. The molecule has 1 aromatic carbocycles. The van der Waals surface area contributed by atoms with Gasteiger partial charge in [-0.05, 0) is 38.4 Å². The quantitative estimate of drug-likeness (QED) is 0.464. The minimum atomic E-state index is -0.468. The molecule has 3 aromatic rings. The third-order valence-electron chi connectivity index (χ3n) is 3.96. The topological polar surface area (TPSA) is 89.4 Å². The fraction of sp³-hybridized carbons (Fsp3) is 0.278. The second-order valence-corrected chi connectivity index (χ2v) is 6.77. The zero-order valence-corrected chi connectivity index (χ0v) is 15.8. The average Bonchev–Trinajstić information content (AvgIpc) is 3.27. The Kier molecular flexibility index (Phi) is 5.78. The monoisotopic (exact) mass is 389 g/mol. The van der Waals surface area contributed by atoms with E-state index in [0.717, 1.165) is 18.8 Å². The van der Waals surface area contributed by atoms with Gasteiger partial charge in [0.2, 0.25) is 0 Å². The van der Waals surface area contributed by atoms with Crippen molar-refractivity contribution in [2.45, 2.75) is 13.1 Å². The minimum Gasteiger partial charge on any atom is -0.459 e. The molecule has 0 aliphatic carbocycles. The summed E-state index contributed by atoms with van der Waals surface area (Å²) in [5.41, 5.74) is 1.19. The Morgan fingerprint density at radius 2 is 2.15 bits per heavy atom. The molecule has 0 aliphatic heterocycles. The van der Waals surface area contributed by atoms with Crippen LogP contribution in [0.1, 0.15) is 5.76 Å². The number of nitro groups is 1. The molecule has 27 heavy (non-hydrogen) atoms. The molecule has 0 saturated carbocycles. The number of hydrogen-bond acceptors (Lipinski definition) is 6. The Balaban J connectivity index is 1.66. The largest absolute Gasteiger partial charge is 0.459 e. The van der Waals surface area contributed by atoms with Crippen molar-refractivity contribution in [3.05, 3.63) is 63.6 Å². The van der Waals surface area contributed by atoms with Gasteiger partial charge in [-0.1, -0.05) is 11.6 Å². The van der Waals surface area contributed by atoms with E-state index in [9.17, 15) is 10.1 Å². The van der Waals surface area contributed by atoms with Crippen molar-refractivity contribution in [1.29, 1.82) is 0 Å². The molecule has 8 nitrogen and oxygen atoms in total. The summed E-state index contributed by atoms with van der Waals surface area (Å²) in [5.74, 6) is 1.09. The van der Waals surface area contributed by atoms with Crippen molar-refractivity contribution < 1.29 is 9.34 Å². The van der Waals surface area contributed by atoms with Gasteiger partial charge in [-0.15, -0.1) is 0 Å². The van der Waals surface area contributed by atoms with Crippen molar-refractivity contribution in [3.63, 3.8) is 0 Å². The van der Waals surface area contributed by atoms with E-state index in [0.29, 0.717) is 28.7 Å². The Bertz CT molecular complexity index is 935. The summed E-state index contributed by atoms with van der Waals surface area (Å²) in [4.78, 5) is 12.9. The van der Waals surface area contributed by atoms with Gasteiger partial charge in [0, 0.05) is 23.8 Å². The van der Waals surface area contributed by atoms with Crippen LogP contribution in [0.2, 0.25) is 5.02 Å². The molecule has 0 unspecified atom stereocenters. The molecular weight excluding hydrogens is 370 g/mol. The highest BCUT2D eigenvalue weighted by Gasteiger charge is 2.18. The first-order valence-corrected chi connectivity index (χ1v) is 8.74. The highest BCUT2D eigenvalue weighted by molar-refractivity contribution is 6.30. The summed E-state index contributed by atoms with van der Waals surface area (Å²) in [7, 11) is 4.03. The number of benzene rings is 1. The molecule has 2 heterocycles. The smallest absolute Gasteiger partial charge is 0.281 e. The van der Waals surface area contributed by atoms with Gasteiger partial charge in [0.15, 0.2) is 0 Å². The molecule has 0 fully saturated rings. The van der Waals surface area contributed by atoms with Crippen LogP contribution >= 0.6 is 11.6 Å². The average molecular weight is 390 g/mol. The standard InChI is InChI=1S/C18H20ClN5O3/c1-22(2)7-8-23-12-14(10-21-23)20-11-15-4-6-18(27-15)16-5-3-13(19)9-17(16)24(25)26/h3-6,9-10,12,20H,7-8,11H2,1-2H3. The van der Waals surface area contributed by atoms with Crippen molar-refractivity contribution >= 4 is 23.0 Å². The molecule has 142 valence electrons. The van der Waals surface area contributed by atoms with Gasteiger partial charge in [0.1, 0.15) is 11.5 Å². The maximum atomic E-state index is 11.2. The van der Waals surface area contributed by atoms with Gasteiger partial charge < -0.3 is 14.6 Å². The number of aromatic nitrogens is 2. The van der Waals surface area contributed by atoms with E-state index in [2.05, 4.69) is 15.3 Å². The molecule has 0 atom stereocenters. The lowest BCUT2D eigenvalue weighted by molar-refractivity contribution is -0.384. The van der Waals surface area contributed by atoms with E-state index in [1.54, 1.807) is 30.5 Å². The predicted molar refractivity (Wildman–Crippen MR) is 104 cm³/mol. The lowest BCUT2D eigenvalue weighted by Gasteiger charge is -2.08. The number of rotatable bonds is 8. The normalized spacial score (nSPS) is 11.1. The number of nitrogens with zero attached hydrogens (tertiary/aromatic N) is 4. The molecular formula is C18H20ClN5O3. The molecule has 0 radical (unpaired) electrons. The van der Waals surface area contributed by atoms with Crippen LogP contribution in [0, 0.1) is 10.1 Å². The second-order valence-electron chi connectivity index (χ2n) is 6.33. The van der Waals surface area contributed by atoms with Crippen LogP contribution in [-0.4, -0.2) is 40.2 Å². The molecule has 1 N–H and O–H groups in total. The van der Waals surface area contributed by atoms with E-state index in [1.807, 2.05) is 25.0 Å². The summed E-state index contributed by atoms with van der Waals surface area (Å²) in [5, 5.41) is 19.1. The number of likely N-dealkylation sites (N-methyl/N-ethyl adjacent to an activating group) is 1. The number of nitro benzene ring substituents is 1. The number of anilines is 1. The molecule has 3 rings (SSSR count). The van der Waals surface area contributed by atoms with Gasteiger partial charge >= 0.3 is 0 Å². The first-order chi connectivity index (χ1) is 12.9. The van der Waals surface area contributed by atoms with Crippen LogP contribution < -0.4 is 5.32 Å².